The fraction of sp³-hybridized carbons (Fsp3) is 0.625. The molecule has 0 saturated carbocycles. The van der Waals surface area contributed by atoms with E-state index >= 15 is 0 Å². The molecule has 1 aromatic rings. The third-order valence-electron chi connectivity index (χ3n) is 3.80. The molecule has 1 fully saturated rings. The smallest absolute Gasteiger partial charge is 0.0446 e. The van der Waals surface area contributed by atoms with Crippen LogP contribution in [0, 0.1) is 13.8 Å². The van der Waals surface area contributed by atoms with Crippen LogP contribution in [-0.4, -0.2) is 36.4 Å². The number of anilines is 1. The zero-order valence-corrected chi connectivity index (χ0v) is 12.5. The number of aliphatic hydroxyl groups excluding tert-OH is 1. The van der Waals surface area contributed by atoms with Crippen LogP contribution in [0.5, 0.6) is 0 Å². The van der Waals surface area contributed by atoms with Crippen LogP contribution in [0.1, 0.15) is 31.4 Å². The maximum atomic E-state index is 9.19. The number of aryl methyl sites for hydroxylation is 2. The molecule has 1 aromatic carbocycles. The first-order valence-electron chi connectivity index (χ1n) is 7.12. The summed E-state index contributed by atoms with van der Waals surface area (Å²) < 4.78 is 0. The number of piperazine rings is 1. The van der Waals surface area contributed by atoms with E-state index in [-0.39, 0.29) is 12.1 Å². The molecule has 2 N–H and O–H groups in total. The van der Waals surface area contributed by atoms with Crippen LogP contribution < -0.4 is 10.2 Å². The van der Waals surface area contributed by atoms with Gasteiger partial charge in [-0.15, -0.1) is 0 Å². The number of rotatable bonds is 3. The summed E-state index contributed by atoms with van der Waals surface area (Å²) in [4.78, 5) is 2.46. The van der Waals surface area contributed by atoms with Crippen molar-refractivity contribution < 1.29 is 5.11 Å². The zero-order valence-electron chi connectivity index (χ0n) is 12.5. The van der Waals surface area contributed by atoms with Crippen molar-refractivity contribution in [3.8, 4) is 0 Å². The molecule has 19 heavy (non-hydrogen) atoms. The van der Waals surface area contributed by atoms with Gasteiger partial charge >= 0.3 is 0 Å². The van der Waals surface area contributed by atoms with Gasteiger partial charge in [-0.2, -0.15) is 0 Å². The first kappa shape index (κ1) is 14.4. The third kappa shape index (κ3) is 3.48. The summed E-state index contributed by atoms with van der Waals surface area (Å²) in [5.41, 5.74) is 4.04. The van der Waals surface area contributed by atoms with E-state index in [4.69, 9.17) is 0 Å². The second-order valence-electron chi connectivity index (χ2n) is 6.41. The van der Waals surface area contributed by atoms with E-state index in [1.54, 1.807) is 0 Å². The molecule has 0 bridgehead atoms. The van der Waals surface area contributed by atoms with Gasteiger partial charge in [0.15, 0.2) is 0 Å². The number of benzene rings is 1. The molecule has 106 valence electrons. The highest BCUT2D eigenvalue weighted by Crippen LogP contribution is 2.26. The molecule has 2 rings (SSSR count). The number of hydrogen-bond donors (Lipinski definition) is 2. The zero-order chi connectivity index (χ0) is 14.0. The van der Waals surface area contributed by atoms with Gasteiger partial charge in [0, 0.05) is 37.0 Å². The van der Waals surface area contributed by atoms with Gasteiger partial charge in [-0.05, 0) is 51.3 Å². The number of nitrogens with one attached hydrogen (secondary N) is 1. The summed E-state index contributed by atoms with van der Waals surface area (Å²) in [5.74, 6) is 0. The third-order valence-corrected chi connectivity index (χ3v) is 3.80. The number of hydrogen-bond acceptors (Lipinski definition) is 3. The van der Waals surface area contributed by atoms with Gasteiger partial charge in [0.2, 0.25) is 0 Å². The predicted octanol–water partition coefficient (Wildman–Crippen LogP) is 2.24. The molecule has 1 aliphatic rings. The van der Waals surface area contributed by atoms with Crippen LogP contribution in [0.4, 0.5) is 5.69 Å². The maximum absolute atomic E-state index is 9.19. The lowest BCUT2D eigenvalue weighted by molar-refractivity contribution is 0.224. The Balaban J connectivity index is 2.25. The molecule has 1 aliphatic heterocycles. The summed E-state index contributed by atoms with van der Waals surface area (Å²) in [6.45, 7) is 11.0. The molecule has 1 atom stereocenters. The molecule has 0 radical (unpaired) electrons. The van der Waals surface area contributed by atoms with E-state index in [0.29, 0.717) is 6.04 Å². The van der Waals surface area contributed by atoms with Gasteiger partial charge in [-0.25, -0.2) is 0 Å². The number of aliphatic hydroxyl groups is 1. The Bertz CT molecular complexity index is 442. The Morgan fingerprint density at radius 2 is 2.11 bits per heavy atom. The van der Waals surface area contributed by atoms with Crippen molar-refractivity contribution in [2.24, 2.45) is 0 Å². The Hall–Kier alpha value is -1.06. The van der Waals surface area contributed by atoms with Crippen molar-refractivity contribution >= 4 is 5.69 Å². The van der Waals surface area contributed by atoms with Gasteiger partial charge in [0.1, 0.15) is 0 Å². The first-order chi connectivity index (χ1) is 8.91. The van der Waals surface area contributed by atoms with Gasteiger partial charge in [-0.3, -0.25) is 0 Å². The molecule has 0 amide bonds. The summed E-state index contributed by atoms with van der Waals surface area (Å²) in [6.07, 6.45) is 0.810. The molecule has 0 spiro atoms. The van der Waals surface area contributed by atoms with Crippen LogP contribution >= 0.6 is 0 Å². The average Bonchev–Trinajstić information content (AvgIpc) is 2.30. The quantitative estimate of drug-likeness (QED) is 0.877. The SMILES string of the molecule is Cc1ccc(C)c(N2CC(CCO)NC(C)(C)C2)c1. The lowest BCUT2D eigenvalue weighted by Gasteiger charge is -2.45. The maximum Gasteiger partial charge on any atom is 0.0446 e. The molecule has 3 heteroatoms. The summed E-state index contributed by atoms with van der Waals surface area (Å²) in [7, 11) is 0. The highest BCUT2D eigenvalue weighted by molar-refractivity contribution is 5.55. The van der Waals surface area contributed by atoms with E-state index in [9.17, 15) is 5.11 Å². The van der Waals surface area contributed by atoms with E-state index in [2.05, 4.69) is 56.1 Å². The molecule has 0 aliphatic carbocycles. The molecular weight excluding hydrogens is 236 g/mol. The van der Waals surface area contributed by atoms with Gasteiger partial charge in [0.05, 0.1) is 0 Å². The van der Waals surface area contributed by atoms with E-state index in [0.717, 1.165) is 19.5 Å². The van der Waals surface area contributed by atoms with Crippen molar-refractivity contribution in [3.05, 3.63) is 29.3 Å². The topological polar surface area (TPSA) is 35.5 Å². The lowest BCUT2D eigenvalue weighted by Crippen LogP contribution is -2.62. The van der Waals surface area contributed by atoms with Crippen LogP contribution in [0.25, 0.3) is 0 Å². The van der Waals surface area contributed by atoms with E-state index in [1.807, 2.05) is 0 Å². The second kappa shape index (κ2) is 5.51. The molecule has 0 aromatic heterocycles. The Morgan fingerprint density at radius 3 is 2.79 bits per heavy atom. The normalized spacial score (nSPS) is 22.6. The largest absolute Gasteiger partial charge is 0.396 e. The first-order valence-corrected chi connectivity index (χ1v) is 7.12. The highest BCUT2D eigenvalue weighted by Gasteiger charge is 2.32. The van der Waals surface area contributed by atoms with Crippen molar-refractivity contribution in [1.29, 1.82) is 0 Å². The molecule has 1 saturated heterocycles. The highest BCUT2D eigenvalue weighted by atomic mass is 16.3. The monoisotopic (exact) mass is 262 g/mol. The van der Waals surface area contributed by atoms with E-state index in [1.165, 1.54) is 16.8 Å². The summed E-state index contributed by atoms with van der Waals surface area (Å²) in [6, 6.07) is 6.99. The van der Waals surface area contributed by atoms with Gasteiger partial charge in [0.25, 0.3) is 0 Å². The Labute approximate surface area is 116 Å². The minimum Gasteiger partial charge on any atom is -0.396 e. The minimum atomic E-state index is 0.0777. The van der Waals surface area contributed by atoms with Crippen LogP contribution in [-0.2, 0) is 0 Å². The predicted molar refractivity (Wildman–Crippen MR) is 80.8 cm³/mol. The molecular formula is C16H26N2O. The molecule has 1 heterocycles. The molecule has 1 unspecified atom stereocenters. The summed E-state index contributed by atoms with van der Waals surface area (Å²) in [5, 5.41) is 12.8. The van der Waals surface area contributed by atoms with Gasteiger partial charge < -0.3 is 15.3 Å². The van der Waals surface area contributed by atoms with Crippen molar-refractivity contribution in [1.82, 2.24) is 5.32 Å². The van der Waals surface area contributed by atoms with Crippen molar-refractivity contribution in [2.45, 2.75) is 45.7 Å². The Kier molecular flexibility index (Phi) is 4.16. The molecule has 3 nitrogen and oxygen atoms in total. The lowest BCUT2D eigenvalue weighted by atomic mass is 9.95. The van der Waals surface area contributed by atoms with Crippen molar-refractivity contribution in [2.75, 3.05) is 24.6 Å². The number of nitrogens with zero attached hydrogens (tertiary/aromatic N) is 1. The fourth-order valence-electron chi connectivity index (χ4n) is 3.01. The average molecular weight is 262 g/mol. The Morgan fingerprint density at radius 1 is 1.37 bits per heavy atom. The van der Waals surface area contributed by atoms with Crippen LogP contribution in [0.15, 0.2) is 18.2 Å². The van der Waals surface area contributed by atoms with Crippen LogP contribution in [0.2, 0.25) is 0 Å². The van der Waals surface area contributed by atoms with Crippen LogP contribution in [0.3, 0.4) is 0 Å². The van der Waals surface area contributed by atoms with Gasteiger partial charge in [-0.1, -0.05) is 12.1 Å². The second-order valence-corrected chi connectivity index (χ2v) is 6.41. The summed E-state index contributed by atoms with van der Waals surface area (Å²) >= 11 is 0. The van der Waals surface area contributed by atoms with E-state index < -0.39 is 0 Å². The minimum absolute atomic E-state index is 0.0777. The fourth-order valence-corrected chi connectivity index (χ4v) is 3.01. The standard InChI is InChI=1S/C16H26N2O/c1-12-5-6-13(2)15(9-12)18-10-14(7-8-19)17-16(3,4)11-18/h5-6,9,14,17,19H,7-8,10-11H2,1-4H3. The van der Waals surface area contributed by atoms with Crippen molar-refractivity contribution in [3.63, 3.8) is 0 Å².